The van der Waals surface area contributed by atoms with Crippen LogP contribution >= 0.6 is 69.6 Å². The molecule has 0 fully saturated rings. The molecule has 0 saturated heterocycles. The van der Waals surface area contributed by atoms with E-state index in [4.69, 9.17) is 69.6 Å². The van der Waals surface area contributed by atoms with Crippen molar-refractivity contribution in [2.75, 3.05) is 0 Å². The van der Waals surface area contributed by atoms with Crippen LogP contribution in [0.3, 0.4) is 0 Å². The smallest absolute Gasteiger partial charge is 0.0622 e. The van der Waals surface area contributed by atoms with Gasteiger partial charge >= 0.3 is 0 Å². The summed E-state index contributed by atoms with van der Waals surface area (Å²) in [6, 6.07) is 2.48. The summed E-state index contributed by atoms with van der Waals surface area (Å²) in [5.74, 6) is -1.06. The SMILES string of the molecule is [O-]c1c(Cl)cc(Cl)c(Cl)c1Cc1c([O-])c(Cl)cc(Cl)c1Cl. The van der Waals surface area contributed by atoms with Crippen molar-refractivity contribution >= 4 is 69.6 Å². The first-order valence-corrected chi connectivity index (χ1v) is 7.67. The van der Waals surface area contributed by atoms with Crippen molar-refractivity contribution in [3.05, 3.63) is 53.4 Å². The van der Waals surface area contributed by atoms with Crippen LogP contribution in [0.2, 0.25) is 30.1 Å². The number of halogens is 6. The van der Waals surface area contributed by atoms with Crippen LogP contribution in [0.1, 0.15) is 11.1 Å². The molecule has 2 aromatic rings. The Morgan fingerprint density at radius 2 is 0.952 bits per heavy atom. The predicted octanol–water partition coefficient (Wildman–Crippen LogP) is 5.35. The highest BCUT2D eigenvalue weighted by atomic mass is 35.5. The molecule has 0 N–H and O–H groups in total. The van der Waals surface area contributed by atoms with Gasteiger partial charge in [-0.25, -0.2) is 0 Å². The first-order chi connectivity index (χ1) is 9.73. The Hall–Kier alpha value is -0.220. The van der Waals surface area contributed by atoms with Crippen molar-refractivity contribution in [1.82, 2.24) is 0 Å². The zero-order valence-corrected chi connectivity index (χ0v) is 14.5. The second kappa shape index (κ2) is 6.49. The van der Waals surface area contributed by atoms with Crippen LogP contribution in [0, 0.1) is 0 Å². The maximum Gasteiger partial charge on any atom is 0.0622 e. The maximum atomic E-state index is 12.1. The molecule has 0 spiro atoms. The monoisotopic (exact) mass is 402 g/mol. The maximum absolute atomic E-state index is 12.1. The van der Waals surface area contributed by atoms with E-state index >= 15 is 0 Å². The molecule has 112 valence electrons. The number of hydrogen-bond donors (Lipinski definition) is 0. The van der Waals surface area contributed by atoms with E-state index in [2.05, 4.69) is 0 Å². The van der Waals surface area contributed by atoms with E-state index in [1.807, 2.05) is 0 Å². The van der Waals surface area contributed by atoms with Gasteiger partial charge in [0.1, 0.15) is 0 Å². The zero-order chi connectivity index (χ0) is 15.9. The molecule has 0 aromatic heterocycles. The Kier molecular flexibility index (Phi) is 5.30. The Morgan fingerprint density at radius 3 is 1.29 bits per heavy atom. The summed E-state index contributed by atoms with van der Waals surface area (Å²) in [4.78, 5) is 0. The summed E-state index contributed by atoms with van der Waals surface area (Å²) in [6.07, 6.45) is -0.171. The molecule has 0 aliphatic rings. The lowest BCUT2D eigenvalue weighted by Gasteiger charge is -2.23. The molecule has 2 nitrogen and oxygen atoms in total. The Morgan fingerprint density at radius 1 is 0.619 bits per heavy atom. The molecular weight excluding hydrogens is 401 g/mol. The van der Waals surface area contributed by atoms with Gasteiger partial charge in [0.15, 0.2) is 0 Å². The Balaban J connectivity index is 2.64. The molecule has 0 unspecified atom stereocenters. The normalized spacial score (nSPS) is 11.0. The summed E-state index contributed by atoms with van der Waals surface area (Å²) in [7, 11) is 0. The quantitative estimate of drug-likeness (QED) is 0.634. The van der Waals surface area contributed by atoms with E-state index in [1.165, 1.54) is 12.1 Å². The molecule has 0 amide bonds. The molecule has 2 aromatic carbocycles. The van der Waals surface area contributed by atoms with Crippen molar-refractivity contribution in [2.24, 2.45) is 0 Å². The van der Waals surface area contributed by atoms with Gasteiger partial charge in [-0.15, -0.1) is 0 Å². The Bertz CT molecular complexity index is 616. The third-order valence-corrected chi connectivity index (χ3v) is 5.01. The van der Waals surface area contributed by atoms with Gasteiger partial charge in [0.2, 0.25) is 0 Å². The molecule has 0 radical (unpaired) electrons. The van der Waals surface area contributed by atoms with Crippen LogP contribution in [-0.4, -0.2) is 0 Å². The number of rotatable bonds is 2. The van der Waals surface area contributed by atoms with Gasteiger partial charge in [0, 0.05) is 10.0 Å². The summed E-state index contributed by atoms with van der Waals surface area (Å²) in [5, 5.41) is 24.1. The lowest BCUT2D eigenvalue weighted by atomic mass is 10.0. The second-order valence-corrected chi connectivity index (χ2v) is 6.49. The van der Waals surface area contributed by atoms with Crippen LogP contribution in [-0.2, 0) is 6.42 Å². The van der Waals surface area contributed by atoms with E-state index in [-0.39, 0.29) is 47.7 Å². The topological polar surface area (TPSA) is 46.1 Å². The van der Waals surface area contributed by atoms with Crippen molar-refractivity contribution < 1.29 is 10.2 Å². The second-order valence-electron chi connectivity index (χ2n) is 4.10. The first kappa shape index (κ1) is 17.1. The van der Waals surface area contributed by atoms with Crippen LogP contribution in [0.5, 0.6) is 11.5 Å². The number of hydrogen-bond acceptors (Lipinski definition) is 2. The molecule has 0 heterocycles. The zero-order valence-electron chi connectivity index (χ0n) is 9.95. The Labute approximate surface area is 150 Å². The molecule has 0 saturated carbocycles. The van der Waals surface area contributed by atoms with Crippen molar-refractivity contribution in [3.8, 4) is 11.5 Å². The first-order valence-electron chi connectivity index (χ1n) is 5.40. The summed E-state index contributed by atoms with van der Waals surface area (Å²) in [6.45, 7) is 0. The number of benzene rings is 2. The molecule has 0 bridgehead atoms. The van der Waals surface area contributed by atoms with Gasteiger partial charge in [-0.05, 0) is 29.7 Å². The van der Waals surface area contributed by atoms with Crippen molar-refractivity contribution in [3.63, 3.8) is 0 Å². The van der Waals surface area contributed by atoms with E-state index in [0.29, 0.717) is 0 Å². The van der Waals surface area contributed by atoms with Crippen LogP contribution in [0.25, 0.3) is 0 Å². The van der Waals surface area contributed by atoms with Gasteiger partial charge in [-0.1, -0.05) is 81.1 Å². The van der Waals surface area contributed by atoms with Crippen LogP contribution < -0.4 is 10.2 Å². The molecule has 0 atom stereocenters. The molecule has 8 heteroatoms. The van der Waals surface area contributed by atoms with E-state index < -0.39 is 11.5 Å². The van der Waals surface area contributed by atoms with Gasteiger partial charge in [-0.2, -0.15) is 0 Å². The minimum atomic E-state index is -0.530. The van der Waals surface area contributed by atoms with Gasteiger partial charge in [-0.3, -0.25) is 0 Å². The van der Waals surface area contributed by atoms with Crippen LogP contribution in [0.4, 0.5) is 0 Å². The standard InChI is InChI=1S/C13H6Cl6O2/c14-6-2-8(16)12(20)4(10(6)18)1-5-11(19)7(15)3-9(17)13(5)21/h2-3,20-21H,1H2/p-2. The minimum absolute atomic E-state index is 0.0117. The largest absolute Gasteiger partial charge is 0.871 e. The van der Waals surface area contributed by atoms with Gasteiger partial charge in [0.25, 0.3) is 0 Å². The highest BCUT2D eigenvalue weighted by molar-refractivity contribution is 6.45. The predicted molar refractivity (Wildman–Crippen MR) is 84.6 cm³/mol. The average Bonchev–Trinajstić information content (AvgIpc) is 2.42. The third-order valence-electron chi connectivity index (χ3n) is 2.79. The molecule has 0 aliphatic heterocycles. The summed E-state index contributed by atoms with van der Waals surface area (Å²) in [5.41, 5.74) is 0.123. The minimum Gasteiger partial charge on any atom is -0.871 e. The summed E-state index contributed by atoms with van der Waals surface area (Å²) < 4.78 is 0. The van der Waals surface area contributed by atoms with Gasteiger partial charge in [0.05, 0.1) is 20.1 Å². The van der Waals surface area contributed by atoms with E-state index in [0.717, 1.165) is 0 Å². The fourth-order valence-electron chi connectivity index (χ4n) is 1.75. The highest BCUT2D eigenvalue weighted by Crippen LogP contribution is 2.42. The molecular formula is C13H4Cl6O2-2. The van der Waals surface area contributed by atoms with Crippen LogP contribution in [0.15, 0.2) is 12.1 Å². The molecule has 2 rings (SSSR count). The van der Waals surface area contributed by atoms with E-state index in [1.54, 1.807) is 0 Å². The van der Waals surface area contributed by atoms with Crippen molar-refractivity contribution in [2.45, 2.75) is 6.42 Å². The average molecular weight is 405 g/mol. The molecule has 0 aliphatic carbocycles. The lowest BCUT2D eigenvalue weighted by Crippen LogP contribution is -2.05. The van der Waals surface area contributed by atoms with Gasteiger partial charge < -0.3 is 10.2 Å². The summed E-state index contributed by atoms with van der Waals surface area (Å²) >= 11 is 35.3. The fourth-order valence-corrected chi connectivity index (χ4v) is 3.17. The molecule has 21 heavy (non-hydrogen) atoms. The lowest BCUT2D eigenvalue weighted by molar-refractivity contribution is -0.270. The van der Waals surface area contributed by atoms with Crippen molar-refractivity contribution in [1.29, 1.82) is 0 Å². The van der Waals surface area contributed by atoms with E-state index in [9.17, 15) is 10.2 Å². The fraction of sp³-hybridized carbons (Fsp3) is 0.0769. The highest BCUT2D eigenvalue weighted by Gasteiger charge is 2.15. The third kappa shape index (κ3) is 3.26.